The van der Waals surface area contributed by atoms with E-state index in [1.54, 1.807) is 18.2 Å². The molecule has 0 saturated carbocycles. The summed E-state index contributed by atoms with van der Waals surface area (Å²) >= 11 is 6.01. The minimum Gasteiger partial charge on any atom is -0.324 e. The van der Waals surface area contributed by atoms with Gasteiger partial charge >= 0.3 is 6.03 Å². The van der Waals surface area contributed by atoms with Crippen molar-refractivity contribution in [2.24, 2.45) is 5.92 Å². The Bertz CT molecular complexity index is 636. The lowest BCUT2D eigenvalue weighted by Gasteiger charge is -2.29. The fourth-order valence-corrected chi connectivity index (χ4v) is 3.78. The number of nitrogens with one attached hydrogen (secondary N) is 1. The second kappa shape index (κ2) is 7.87. The highest BCUT2D eigenvalue weighted by Gasteiger charge is 2.28. The Balaban J connectivity index is 1.51. The molecular weight excluding hydrogens is 324 g/mol. The smallest absolute Gasteiger partial charge is 0.321 e. The van der Waals surface area contributed by atoms with E-state index in [9.17, 15) is 4.79 Å². The summed E-state index contributed by atoms with van der Waals surface area (Å²) in [6.45, 7) is 5.12. The molecule has 0 bridgehead atoms. The van der Waals surface area contributed by atoms with Crippen LogP contribution in [0, 0.1) is 17.2 Å². The predicted octanol–water partition coefficient (Wildman–Crippen LogP) is 3.55. The Kier molecular flexibility index (Phi) is 5.60. The van der Waals surface area contributed by atoms with Gasteiger partial charge in [-0.05, 0) is 56.5 Å². The number of carbonyl (C=O) groups is 1. The van der Waals surface area contributed by atoms with Gasteiger partial charge in [-0.1, -0.05) is 18.0 Å². The quantitative estimate of drug-likeness (QED) is 0.910. The first-order valence-corrected chi connectivity index (χ1v) is 9.01. The summed E-state index contributed by atoms with van der Waals surface area (Å²) in [4.78, 5) is 16.8. The number of hydrogen-bond donors (Lipinski definition) is 1. The van der Waals surface area contributed by atoms with Crippen LogP contribution in [-0.2, 0) is 0 Å². The Morgan fingerprint density at radius 3 is 2.79 bits per heavy atom. The van der Waals surface area contributed by atoms with Gasteiger partial charge in [-0.3, -0.25) is 0 Å². The van der Waals surface area contributed by atoms with Gasteiger partial charge in [0.1, 0.15) is 6.07 Å². The van der Waals surface area contributed by atoms with Crippen LogP contribution in [0.1, 0.15) is 31.2 Å². The van der Waals surface area contributed by atoms with Crippen LogP contribution in [0.5, 0.6) is 0 Å². The maximum atomic E-state index is 12.4. The van der Waals surface area contributed by atoms with Crippen molar-refractivity contribution < 1.29 is 4.79 Å². The lowest BCUT2D eigenvalue weighted by Crippen LogP contribution is -2.37. The molecule has 2 heterocycles. The molecule has 6 heteroatoms. The summed E-state index contributed by atoms with van der Waals surface area (Å²) in [5, 5.41) is 12.1. The van der Waals surface area contributed by atoms with Crippen molar-refractivity contribution in [1.82, 2.24) is 9.80 Å². The predicted molar refractivity (Wildman–Crippen MR) is 95.2 cm³/mol. The van der Waals surface area contributed by atoms with E-state index in [1.165, 1.54) is 32.4 Å². The standard InChI is InChI=1S/C18H23ClN4O/c19-17-10-16(5-4-15(17)11-20)21-18(24)23-9-6-14(13-23)12-22-7-2-1-3-8-22/h4-5,10,14H,1-3,6-9,12-13H2,(H,21,24). The monoisotopic (exact) mass is 346 g/mol. The molecular formula is C18H23ClN4O. The van der Waals surface area contributed by atoms with Gasteiger partial charge in [-0.2, -0.15) is 5.26 Å². The number of nitriles is 1. The number of piperidine rings is 1. The first-order valence-electron chi connectivity index (χ1n) is 8.63. The van der Waals surface area contributed by atoms with Crippen molar-refractivity contribution in [2.75, 3.05) is 38.0 Å². The van der Waals surface area contributed by atoms with Gasteiger partial charge in [0.05, 0.1) is 10.6 Å². The summed E-state index contributed by atoms with van der Waals surface area (Å²) in [5.74, 6) is 0.568. The number of halogens is 1. The van der Waals surface area contributed by atoms with E-state index in [-0.39, 0.29) is 6.03 Å². The second-order valence-corrected chi connectivity index (χ2v) is 7.11. The molecule has 1 atom stereocenters. The van der Waals surface area contributed by atoms with E-state index < -0.39 is 0 Å². The van der Waals surface area contributed by atoms with Crippen LogP contribution < -0.4 is 5.32 Å². The fraction of sp³-hybridized carbons (Fsp3) is 0.556. The molecule has 1 aromatic rings. The van der Waals surface area contributed by atoms with Gasteiger partial charge in [0.25, 0.3) is 0 Å². The van der Waals surface area contributed by atoms with Crippen molar-refractivity contribution in [3.8, 4) is 6.07 Å². The molecule has 2 saturated heterocycles. The Hall–Kier alpha value is -1.77. The maximum Gasteiger partial charge on any atom is 0.321 e. The number of rotatable bonds is 3. The zero-order chi connectivity index (χ0) is 16.9. The van der Waals surface area contributed by atoms with Crippen molar-refractivity contribution >= 4 is 23.3 Å². The van der Waals surface area contributed by atoms with Gasteiger partial charge in [0.2, 0.25) is 0 Å². The summed E-state index contributed by atoms with van der Waals surface area (Å²) in [6, 6.07) is 6.89. The number of amides is 2. The lowest BCUT2D eigenvalue weighted by atomic mass is 10.1. The molecule has 0 radical (unpaired) electrons. The largest absolute Gasteiger partial charge is 0.324 e. The van der Waals surface area contributed by atoms with Gasteiger partial charge < -0.3 is 15.1 Å². The van der Waals surface area contributed by atoms with E-state index >= 15 is 0 Å². The van der Waals surface area contributed by atoms with Crippen LogP contribution in [0.4, 0.5) is 10.5 Å². The fourth-order valence-electron chi connectivity index (χ4n) is 3.56. The van der Waals surface area contributed by atoms with Crippen molar-refractivity contribution in [3.63, 3.8) is 0 Å². The highest BCUT2D eigenvalue weighted by atomic mass is 35.5. The van der Waals surface area contributed by atoms with Gasteiger partial charge in [-0.25, -0.2) is 4.79 Å². The molecule has 1 N–H and O–H groups in total. The molecule has 128 valence electrons. The van der Waals surface area contributed by atoms with Gasteiger partial charge in [0.15, 0.2) is 0 Å². The van der Waals surface area contributed by atoms with E-state index in [4.69, 9.17) is 16.9 Å². The number of benzene rings is 1. The number of anilines is 1. The highest BCUT2D eigenvalue weighted by Crippen LogP contribution is 2.23. The van der Waals surface area contributed by atoms with Crippen LogP contribution in [0.2, 0.25) is 5.02 Å². The zero-order valence-corrected chi connectivity index (χ0v) is 14.6. The van der Waals surface area contributed by atoms with Crippen LogP contribution in [0.3, 0.4) is 0 Å². The van der Waals surface area contributed by atoms with Crippen LogP contribution in [-0.4, -0.2) is 48.6 Å². The molecule has 2 aliphatic rings. The van der Waals surface area contributed by atoms with E-state index in [2.05, 4.69) is 10.2 Å². The zero-order valence-electron chi connectivity index (χ0n) is 13.8. The van der Waals surface area contributed by atoms with Crippen molar-refractivity contribution in [1.29, 1.82) is 5.26 Å². The van der Waals surface area contributed by atoms with Crippen LogP contribution in [0.25, 0.3) is 0 Å². The van der Waals surface area contributed by atoms with Crippen LogP contribution >= 0.6 is 11.6 Å². The molecule has 0 spiro atoms. The molecule has 1 aromatic carbocycles. The number of urea groups is 1. The SMILES string of the molecule is N#Cc1ccc(NC(=O)N2CCC(CN3CCCCC3)C2)cc1Cl. The number of nitrogens with zero attached hydrogens (tertiary/aromatic N) is 3. The summed E-state index contributed by atoms with van der Waals surface area (Å²) < 4.78 is 0. The summed E-state index contributed by atoms with van der Waals surface area (Å²) in [5.41, 5.74) is 1.04. The lowest BCUT2D eigenvalue weighted by molar-refractivity contribution is 0.192. The second-order valence-electron chi connectivity index (χ2n) is 6.70. The average molecular weight is 347 g/mol. The Labute approximate surface area is 148 Å². The molecule has 2 aliphatic heterocycles. The topological polar surface area (TPSA) is 59.4 Å². The summed E-state index contributed by atoms with van der Waals surface area (Å²) in [7, 11) is 0. The summed E-state index contributed by atoms with van der Waals surface area (Å²) in [6.07, 6.45) is 5.02. The molecule has 3 rings (SSSR count). The Morgan fingerprint density at radius 2 is 2.08 bits per heavy atom. The van der Waals surface area contributed by atoms with E-state index in [0.29, 0.717) is 22.2 Å². The normalized spacial score (nSPS) is 21.5. The Morgan fingerprint density at radius 1 is 1.29 bits per heavy atom. The van der Waals surface area contributed by atoms with Gasteiger partial charge in [0, 0.05) is 25.3 Å². The van der Waals surface area contributed by atoms with E-state index in [1.807, 2.05) is 11.0 Å². The van der Waals surface area contributed by atoms with Crippen molar-refractivity contribution in [2.45, 2.75) is 25.7 Å². The average Bonchev–Trinajstić information content (AvgIpc) is 3.04. The van der Waals surface area contributed by atoms with Crippen LogP contribution in [0.15, 0.2) is 18.2 Å². The number of carbonyl (C=O) groups excluding carboxylic acids is 1. The third-order valence-electron chi connectivity index (χ3n) is 4.88. The third-order valence-corrected chi connectivity index (χ3v) is 5.19. The van der Waals surface area contributed by atoms with Gasteiger partial charge in [-0.15, -0.1) is 0 Å². The molecule has 0 aliphatic carbocycles. The maximum absolute atomic E-state index is 12.4. The molecule has 2 fully saturated rings. The number of likely N-dealkylation sites (tertiary alicyclic amines) is 2. The van der Waals surface area contributed by atoms with E-state index in [0.717, 1.165) is 26.1 Å². The minimum absolute atomic E-state index is 0.0862. The minimum atomic E-state index is -0.0862. The first-order chi connectivity index (χ1) is 11.7. The molecule has 5 nitrogen and oxygen atoms in total. The molecule has 0 aromatic heterocycles. The van der Waals surface area contributed by atoms with Crippen molar-refractivity contribution in [3.05, 3.63) is 28.8 Å². The molecule has 2 amide bonds. The number of hydrogen-bond acceptors (Lipinski definition) is 3. The molecule has 24 heavy (non-hydrogen) atoms. The third kappa shape index (κ3) is 4.19. The molecule has 1 unspecified atom stereocenters. The first kappa shape index (κ1) is 17.1. The highest BCUT2D eigenvalue weighted by molar-refractivity contribution is 6.32.